The van der Waals surface area contributed by atoms with Crippen molar-refractivity contribution in [2.75, 3.05) is 0 Å². The molecule has 0 aliphatic rings. The lowest BCUT2D eigenvalue weighted by Gasteiger charge is -2.08. The number of carbonyl (C=O) groups is 1. The molecule has 6 heteroatoms. The van der Waals surface area contributed by atoms with E-state index in [0.717, 1.165) is 28.3 Å². The third-order valence-electron chi connectivity index (χ3n) is 5.70. The van der Waals surface area contributed by atoms with E-state index in [1.54, 1.807) is 16.8 Å². The number of carboxylic acid groups (broad SMARTS) is 1. The maximum atomic E-state index is 12.0. The smallest absolute Gasteiger partial charge is 0.336 e. The van der Waals surface area contributed by atoms with Crippen LogP contribution >= 0.6 is 0 Å². The minimum atomic E-state index is -1.00. The van der Waals surface area contributed by atoms with Gasteiger partial charge in [-0.05, 0) is 54.5 Å². The van der Waals surface area contributed by atoms with Crippen molar-refractivity contribution in [1.82, 2.24) is 14.8 Å². The van der Waals surface area contributed by atoms with E-state index in [0.29, 0.717) is 23.3 Å². The lowest BCUT2D eigenvalue weighted by molar-refractivity contribution is 0.0699. The number of aryl methyl sites for hydroxylation is 1. The van der Waals surface area contributed by atoms with Gasteiger partial charge in [0.05, 0.1) is 23.2 Å². The summed E-state index contributed by atoms with van der Waals surface area (Å²) in [6.45, 7) is 2.36. The van der Waals surface area contributed by atoms with Crippen molar-refractivity contribution in [3.63, 3.8) is 0 Å². The van der Waals surface area contributed by atoms with Gasteiger partial charge in [-0.15, -0.1) is 0 Å². The fourth-order valence-electron chi connectivity index (χ4n) is 3.91. The van der Waals surface area contributed by atoms with Crippen LogP contribution in [0.1, 0.15) is 32.9 Å². The number of nitrogens with zero attached hydrogens (tertiary/aromatic N) is 3. The molecule has 0 fully saturated rings. The number of hydrogen-bond acceptors (Lipinski definition) is 4. The molecule has 5 rings (SSSR count). The highest BCUT2D eigenvalue weighted by atomic mass is 16.5. The fourth-order valence-corrected chi connectivity index (χ4v) is 3.91. The summed E-state index contributed by atoms with van der Waals surface area (Å²) in [5.74, 6) is 0.516. The van der Waals surface area contributed by atoms with Gasteiger partial charge in [-0.25, -0.2) is 9.78 Å². The number of hydrogen-bond donors (Lipinski definition) is 1. The van der Waals surface area contributed by atoms with Crippen LogP contribution < -0.4 is 4.74 Å². The Morgan fingerprint density at radius 2 is 1.57 bits per heavy atom. The zero-order valence-electron chi connectivity index (χ0n) is 19.1. The van der Waals surface area contributed by atoms with Gasteiger partial charge in [0.25, 0.3) is 0 Å². The van der Waals surface area contributed by atoms with Crippen LogP contribution in [0.2, 0.25) is 0 Å². The van der Waals surface area contributed by atoms with E-state index in [1.807, 2.05) is 97.9 Å². The SMILES string of the molecule is Cc1c2c(C(=O)O)cc(C=Cc3ccccc3)nc2nn1Cc1ccc(Oc2ccccc2)cc1. The Bertz CT molecular complexity index is 1510. The highest BCUT2D eigenvalue weighted by Gasteiger charge is 2.18. The number of aromatic nitrogens is 3. The van der Waals surface area contributed by atoms with Crippen LogP contribution in [-0.4, -0.2) is 25.8 Å². The number of fused-ring (bicyclic) bond motifs is 1. The molecule has 6 nitrogen and oxygen atoms in total. The number of para-hydroxylation sites is 1. The summed E-state index contributed by atoms with van der Waals surface area (Å²) in [4.78, 5) is 16.7. The van der Waals surface area contributed by atoms with Gasteiger partial charge in [0.1, 0.15) is 11.5 Å². The second-order valence-electron chi connectivity index (χ2n) is 8.14. The van der Waals surface area contributed by atoms with Gasteiger partial charge >= 0.3 is 5.97 Å². The molecule has 2 aromatic heterocycles. The van der Waals surface area contributed by atoms with Gasteiger partial charge in [0, 0.05) is 5.69 Å². The van der Waals surface area contributed by atoms with Gasteiger partial charge < -0.3 is 9.84 Å². The third-order valence-corrected chi connectivity index (χ3v) is 5.70. The predicted molar refractivity (Wildman–Crippen MR) is 137 cm³/mol. The van der Waals surface area contributed by atoms with Crippen LogP contribution in [0, 0.1) is 6.92 Å². The van der Waals surface area contributed by atoms with Crippen LogP contribution in [0.5, 0.6) is 11.5 Å². The molecular formula is C29H23N3O3. The summed E-state index contributed by atoms with van der Waals surface area (Å²) in [6, 6.07) is 28.8. The van der Waals surface area contributed by atoms with Crippen LogP contribution in [0.3, 0.4) is 0 Å². The largest absolute Gasteiger partial charge is 0.478 e. The van der Waals surface area contributed by atoms with Crippen LogP contribution in [-0.2, 0) is 6.54 Å². The molecule has 0 saturated heterocycles. The predicted octanol–water partition coefficient (Wildman–Crippen LogP) is 6.45. The molecule has 0 unspecified atom stereocenters. The van der Waals surface area contributed by atoms with Crippen molar-refractivity contribution >= 4 is 29.2 Å². The first-order chi connectivity index (χ1) is 17.1. The molecule has 0 spiro atoms. The van der Waals surface area contributed by atoms with Crippen molar-refractivity contribution in [3.05, 3.63) is 119 Å². The van der Waals surface area contributed by atoms with E-state index >= 15 is 0 Å². The van der Waals surface area contributed by atoms with Crippen LogP contribution in [0.25, 0.3) is 23.2 Å². The first kappa shape index (κ1) is 22.1. The maximum Gasteiger partial charge on any atom is 0.336 e. The molecule has 5 aromatic rings. The molecule has 172 valence electrons. The Kier molecular flexibility index (Phi) is 6.09. The number of pyridine rings is 1. The van der Waals surface area contributed by atoms with Crippen molar-refractivity contribution in [2.24, 2.45) is 0 Å². The molecule has 35 heavy (non-hydrogen) atoms. The second kappa shape index (κ2) is 9.65. The number of aromatic carboxylic acids is 1. The van der Waals surface area contributed by atoms with E-state index in [2.05, 4.69) is 10.1 Å². The summed E-state index contributed by atoms with van der Waals surface area (Å²) < 4.78 is 7.65. The van der Waals surface area contributed by atoms with E-state index in [4.69, 9.17) is 4.74 Å². The summed E-state index contributed by atoms with van der Waals surface area (Å²) in [5, 5.41) is 15.1. The van der Waals surface area contributed by atoms with Crippen molar-refractivity contribution in [1.29, 1.82) is 0 Å². The van der Waals surface area contributed by atoms with Crippen LogP contribution in [0.15, 0.2) is 91.0 Å². The molecule has 3 aromatic carbocycles. The quantitative estimate of drug-likeness (QED) is 0.301. The highest BCUT2D eigenvalue weighted by molar-refractivity contribution is 6.03. The average Bonchev–Trinajstić information content (AvgIpc) is 3.19. The minimum absolute atomic E-state index is 0.193. The topological polar surface area (TPSA) is 77.2 Å². The molecule has 1 N–H and O–H groups in total. The standard InChI is InChI=1S/C29H23N3O3/c1-20-27-26(29(33)34)18-23(15-12-21-8-4-2-5-9-21)30-28(27)31-32(20)19-22-13-16-25(17-14-22)35-24-10-6-3-7-11-24/h2-18H,19H2,1H3,(H,33,34). The Balaban J connectivity index is 1.42. The highest BCUT2D eigenvalue weighted by Crippen LogP contribution is 2.25. The average molecular weight is 462 g/mol. The van der Waals surface area contributed by atoms with Gasteiger partial charge in [0.2, 0.25) is 0 Å². The monoisotopic (exact) mass is 461 g/mol. The number of carboxylic acids is 1. The van der Waals surface area contributed by atoms with E-state index in [9.17, 15) is 9.90 Å². The van der Waals surface area contributed by atoms with Gasteiger partial charge in [-0.2, -0.15) is 5.10 Å². The van der Waals surface area contributed by atoms with E-state index in [1.165, 1.54) is 0 Å². The Morgan fingerprint density at radius 1 is 0.914 bits per heavy atom. The summed E-state index contributed by atoms with van der Waals surface area (Å²) in [5.41, 5.74) is 3.94. The number of benzene rings is 3. The Hall–Kier alpha value is -4.71. The summed E-state index contributed by atoms with van der Waals surface area (Å²) in [6.07, 6.45) is 3.71. The third kappa shape index (κ3) is 4.96. The Morgan fingerprint density at radius 3 is 2.26 bits per heavy atom. The van der Waals surface area contributed by atoms with Crippen LogP contribution in [0.4, 0.5) is 0 Å². The van der Waals surface area contributed by atoms with Gasteiger partial charge in [-0.1, -0.05) is 66.7 Å². The Labute approximate surface area is 202 Å². The lowest BCUT2D eigenvalue weighted by atomic mass is 10.1. The molecule has 2 heterocycles. The number of ether oxygens (including phenoxy) is 1. The van der Waals surface area contributed by atoms with Crippen molar-refractivity contribution < 1.29 is 14.6 Å². The summed E-state index contributed by atoms with van der Waals surface area (Å²) in [7, 11) is 0. The van der Waals surface area contributed by atoms with E-state index in [-0.39, 0.29) is 5.56 Å². The minimum Gasteiger partial charge on any atom is -0.478 e. The zero-order chi connectivity index (χ0) is 24.2. The normalized spacial score (nSPS) is 11.2. The van der Waals surface area contributed by atoms with E-state index < -0.39 is 5.97 Å². The molecule has 0 atom stereocenters. The molecule has 0 radical (unpaired) electrons. The molecule has 0 amide bonds. The molecule has 0 saturated carbocycles. The molecule has 0 aliphatic carbocycles. The first-order valence-corrected chi connectivity index (χ1v) is 11.2. The zero-order valence-corrected chi connectivity index (χ0v) is 19.1. The first-order valence-electron chi connectivity index (χ1n) is 11.2. The fraction of sp³-hybridized carbons (Fsp3) is 0.0690. The maximum absolute atomic E-state index is 12.0. The number of rotatable bonds is 7. The van der Waals surface area contributed by atoms with Crippen molar-refractivity contribution in [2.45, 2.75) is 13.5 Å². The summed E-state index contributed by atoms with van der Waals surface area (Å²) >= 11 is 0. The second-order valence-corrected chi connectivity index (χ2v) is 8.14. The molecule has 0 bridgehead atoms. The molecule has 0 aliphatic heterocycles. The van der Waals surface area contributed by atoms with Gasteiger partial charge in [-0.3, -0.25) is 4.68 Å². The lowest BCUT2D eigenvalue weighted by Crippen LogP contribution is -2.04. The van der Waals surface area contributed by atoms with Gasteiger partial charge in [0.15, 0.2) is 5.65 Å². The molecular weight excluding hydrogens is 438 g/mol. The van der Waals surface area contributed by atoms with Crippen molar-refractivity contribution in [3.8, 4) is 11.5 Å².